The van der Waals surface area contributed by atoms with E-state index >= 15 is 0 Å². The number of H-pyrrole nitrogens is 1. The molecule has 1 aromatic carbocycles. The second kappa shape index (κ2) is 6.84. The Hall–Kier alpha value is -2.40. The van der Waals surface area contributed by atoms with Crippen molar-refractivity contribution in [3.8, 4) is 0 Å². The monoisotopic (exact) mass is 395 g/mol. The van der Waals surface area contributed by atoms with E-state index in [0.717, 1.165) is 34.0 Å². The van der Waals surface area contributed by atoms with Crippen LogP contribution < -0.4 is 0 Å². The van der Waals surface area contributed by atoms with Crippen molar-refractivity contribution in [1.82, 2.24) is 14.9 Å². The summed E-state index contributed by atoms with van der Waals surface area (Å²) in [5, 5.41) is 1.14. The van der Waals surface area contributed by atoms with Crippen LogP contribution in [-0.2, 0) is 11.2 Å². The third kappa shape index (κ3) is 3.37. The van der Waals surface area contributed by atoms with Crippen molar-refractivity contribution in [3.05, 3.63) is 70.5 Å². The maximum atomic E-state index is 12.5. The van der Waals surface area contributed by atoms with Gasteiger partial charge in [0.2, 0.25) is 5.91 Å². The minimum absolute atomic E-state index is 0.179. The van der Waals surface area contributed by atoms with Crippen LogP contribution in [0.4, 0.5) is 0 Å². The van der Waals surface area contributed by atoms with Gasteiger partial charge >= 0.3 is 0 Å². The largest absolute Gasteiger partial charge is 0.346 e. The summed E-state index contributed by atoms with van der Waals surface area (Å²) in [6.07, 6.45) is 7.29. The van der Waals surface area contributed by atoms with E-state index in [1.54, 1.807) is 6.20 Å². The number of aromatic nitrogens is 2. The van der Waals surface area contributed by atoms with Crippen LogP contribution in [0.5, 0.6) is 0 Å². The number of aromatic amines is 1. The molecule has 0 spiro atoms. The van der Waals surface area contributed by atoms with E-state index in [4.69, 9.17) is 0 Å². The third-order valence-electron chi connectivity index (χ3n) is 4.63. The average molecular weight is 396 g/mol. The SMILES string of the molecule is O=C(Cc1ccc(Br)cc1)N1CC=C(c2c[nH]c3ncccc23)CC1. The molecule has 1 aliphatic rings. The fraction of sp³-hybridized carbons (Fsp3) is 0.200. The van der Waals surface area contributed by atoms with Gasteiger partial charge in [-0.2, -0.15) is 0 Å². The summed E-state index contributed by atoms with van der Waals surface area (Å²) in [5.74, 6) is 0.179. The number of rotatable bonds is 3. The van der Waals surface area contributed by atoms with Crippen LogP contribution in [0.2, 0.25) is 0 Å². The molecule has 0 fully saturated rings. The number of amides is 1. The Kier molecular flexibility index (Phi) is 4.40. The highest BCUT2D eigenvalue weighted by Gasteiger charge is 2.19. The van der Waals surface area contributed by atoms with Crippen molar-refractivity contribution in [2.75, 3.05) is 13.1 Å². The summed E-state index contributed by atoms with van der Waals surface area (Å²) in [4.78, 5) is 22.0. The van der Waals surface area contributed by atoms with Gasteiger partial charge in [-0.3, -0.25) is 4.79 Å². The summed E-state index contributed by atoms with van der Waals surface area (Å²) < 4.78 is 1.03. The molecule has 0 saturated carbocycles. The number of nitrogens with zero attached hydrogens (tertiary/aromatic N) is 2. The normalized spacial score (nSPS) is 14.6. The van der Waals surface area contributed by atoms with Gasteiger partial charge in [0.15, 0.2) is 0 Å². The second-order valence-electron chi connectivity index (χ2n) is 6.22. The number of carbonyl (C=O) groups is 1. The van der Waals surface area contributed by atoms with E-state index in [0.29, 0.717) is 13.0 Å². The van der Waals surface area contributed by atoms with E-state index in [1.807, 2.05) is 41.4 Å². The minimum Gasteiger partial charge on any atom is -0.346 e. The van der Waals surface area contributed by atoms with Crippen LogP contribution in [-0.4, -0.2) is 33.9 Å². The zero-order valence-electron chi connectivity index (χ0n) is 13.7. The van der Waals surface area contributed by atoms with E-state index < -0.39 is 0 Å². The Morgan fingerprint density at radius 3 is 2.84 bits per heavy atom. The number of hydrogen-bond acceptors (Lipinski definition) is 2. The van der Waals surface area contributed by atoms with E-state index in [1.165, 1.54) is 11.1 Å². The molecule has 1 aliphatic heterocycles. The molecule has 0 aliphatic carbocycles. The lowest BCUT2D eigenvalue weighted by Gasteiger charge is -2.26. The summed E-state index contributed by atoms with van der Waals surface area (Å²) in [7, 11) is 0. The van der Waals surface area contributed by atoms with Crippen molar-refractivity contribution in [2.45, 2.75) is 12.8 Å². The summed E-state index contributed by atoms with van der Waals surface area (Å²) in [6, 6.07) is 12.0. The molecule has 3 heterocycles. The highest BCUT2D eigenvalue weighted by molar-refractivity contribution is 9.10. The minimum atomic E-state index is 0.179. The summed E-state index contributed by atoms with van der Waals surface area (Å²) in [6.45, 7) is 1.42. The zero-order chi connectivity index (χ0) is 17.2. The van der Waals surface area contributed by atoms with Gasteiger partial charge in [-0.25, -0.2) is 4.98 Å². The predicted octanol–water partition coefficient (Wildman–Crippen LogP) is 4.18. The van der Waals surface area contributed by atoms with Gasteiger partial charge in [-0.05, 0) is 41.8 Å². The van der Waals surface area contributed by atoms with Crippen LogP contribution >= 0.6 is 15.9 Å². The zero-order valence-corrected chi connectivity index (χ0v) is 15.3. The van der Waals surface area contributed by atoms with Crippen molar-refractivity contribution < 1.29 is 4.79 Å². The Morgan fingerprint density at radius 2 is 2.08 bits per heavy atom. The fourth-order valence-corrected chi connectivity index (χ4v) is 3.51. The van der Waals surface area contributed by atoms with Gasteiger partial charge in [-0.15, -0.1) is 0 Å². The predicted molar refractivity (Wildman–Crippen MR) is 103 cm³/mol. The van der Waals surface area contributed by atoms with Crippen LogP contribution in [0.3, 0.4) is 0 Å². The fourth-order valence-electron chi connectivity index (χ4n) is 3.25. The standard InChI is InChI=1S/C20H18BrN3O/c21-16-5-3-14(4-6-16)12-19(25)24-10-7-15(8-11-24)18-13-23-20-17(18)2-1-9-22-20/h1-7,9,13H,8,10-12H2,(H,22,23). The van der Waals surface area contributed by atoms with Crippen LogP contribution in [0.15, 0.2) is 59.3 Å². The third-order valence-corrected chi connectivity index (χ3v) is 5.16. The van der Waals surface area contributed by atoms with Crippen molar-refractivity contribution >= 4 is 38.4 Å². The van der Waals surface area contributed by atoms with Gasteiger partial charge in [-0.1, -0.05) is 34.1 Å². The van der Waals surface area contributed by atoms with Gasteiger partial charge in [0, 0.05) is 40.9 Å². The molecule has 1 amide bonds. The van der Waals surface area contributed by atoms with E-state index in [-0.39, 0.29) is 5.91 Å². The Bertz CT molecular complexity index is 943. The first-order valence-electron chi connectivity index (χ1n) is 8.34. The Morgan fingerprint density at radius 1 is 1.24 bits per heavy atom. The highest BCUT2D eigenvalue weighted by atomic mass is 79.9. The highest BCUT2D eigenvalue weighted by Crippen LogP contribution is 2.28. The molecular formula is C20H18BrN3O. The molecule has 2 aromatic heterocycles. The molecule has 126 valence electrons. The van der Waals surface area contributed by atoms with E-state index in [2.05, 4.69) is 38.0 Å². The molecule has 0 atom stereocenters. The Labute approximate surface area is 154 Å². The molecule has 4 nitrogen and oxygen atoms in total. The van der Waals surface area contributed by atoms with Crippen LogP contribution in [0.1, 0.15) is 17.5 Å². The van der Waals surface area contributed by atoms with Crippen molar-refractivity contribution in [3.63, 3.8) is 0 Å². The van der Waals surface area contributed by atoms with Gasteiger partial charge in [0.05, 0.1) is 6.42 Å². The first-order chi connectivity index (χ1) is 12.2. The number of fused-ring (bicyclic) bond motifs is 1. The van der Waals surface area contributed by atoms with Crippen molar-refractivity contribution in [1.29, 1.82) is 0 Å². The maximum absolute atomic E-state index is 12.5. The second-order valence-corrected chi connectivity index (χ2v) is 7.14. The summed E-state index contributed by atoms with van der Waals surface area (Å²) in [5.41, 5.74) is 4.44. The lowest BCUT2D eigenvalue weighted by Crippen LogP contribution is -2.35. The number of halogens is 1. The van der Waals surface area contributed by atoms with Gasteiger partial charge in [0.25, 0.3) is 0 Å². The lowest BCUT2D eigenvalue weighted by molar-refractivity contribution is -0.130. The first kappa shape index (κ1) is 16.1. The van der Waals surface area contributed by atoms with Crippen molar-refractivity contribution in [2.24, 2.45) is 0 Å². The van der Waals surface area contributed by atoms with E-state index in [9.17, 15) is 4.79 Å². The van der Waals surface area contributed by atoms with Crippen LogP contribution in [0, 0.1) is 0 Å². The average Bonchev–Trinajstić information content (AvgIpc) is 3.08. The summed E-state index contributed by atoms with van der Waals surface area (Å²) >= 11 is 3.42. The number of hydrogen-bond donors (Lipinski definition) is 1. The molecule has 5 heteroatoms. The number of nitrogens with one attached hydrogen (secondary N) is 1. The smallest absolute Gasteiger partial charge is 0.227 e. The molecular weight excluding hydrogens is 378 g/mol. The van der Waals surface area contributed by atoms with Gasteiger partial charge in [0.1, 0.15) is 5.65 Å². The molecule has 0 bridgehead atoms. The lowest BCUT2D eigenvalue weighted by atomic mass is 9.99. The Balaban J connectivity index is 1.46. The quantitative estimate of drug-likeness (QED) is 0.722. The molecule has 0 saturated heterocycles. The first-order valence-corrected chi connectivity index (χ1v) is 9.14. The molecule has 1 N–H and O–H groups in total. The number of carbonyl (C=O) groups excluding carboxylic acids is 1. The number of benzene rings is 1. The molecule has 25 heavy (non-hydrogen) atoms. The number of pyridine rings is 1. The van der Waals surface area contributed by atoms with Crippen LogP contribution in [0.25, 0.3) is 16.6 Å². The van der Waals surface area contributed by atoms with Gasteiger partial charge < -0.3 is 9.88 Å². The molecule has 0 radical (unpaired) electrons. The molecule has 4 rings (SSSR count). The maximum Gasteiger partial charge on any atom is 0.227 e. The molecule has 0 unspecified atom stereocenters. The topological polar surface area (TPSA) is 49.0 Å². The molecule has 3 aromatic rings.